The van der Waals surface area contributed by atoms with Crippen molar-refractivity contribution in [1.29, 1.82) is 0 Å². The average Bonchev–Trinajstić information content (AvgIpc) is 2.86. The van der Waals surface area contributed by atoms with Crippen molar-refractivity contribution in [3.8, 4) is 11.5 Å². The fourth-order valence-corrected chi connectivity index (χ4v) is 4.83. The summed E-state index contributed by atoms with van der Waals surface area (Å²) in [4.78, 5) is 18.0. The van der Waals surface area contributed by atoms with E-state index in [9.17, 15) is 4.79 Å². The maximum atomic E-state index is 13.3. The lowest BCUT2D eigenvalue weighted by molar-refractivity contribution is 0.282. The first kappa shape index (κ1) is 25.6. The average molecular weight is 664 g/mol. The molecular weight excluding hydrogens is 642 g/mol. The molecule has 0 unspecified atom stereocenters. The Labute approximate surface area is 228 Å². The monoisotopic (exact) mass is 661 g/mol. The van der Waals surface area contributed by atoms with Gasteiger partial charge in [-0.2, -0.15) is 9.78 Å². The molecule has 0 aliphatic rings. The van der Waals surface area contributed by atoms with Crippen molar-refractivity contribution in [1.82, 2.24) is 9.66 Å². The number of aryl methyl sites for hydroxylation is 1. The van der Waals surface area contributed by atoms with Gasteiger partial charge in [-0.3, -0.25) is 4.79 Å². The first-order valence-corrected chi connectivity index (χ1v) is 13.3. The number of aromatic nitrogens is 2. The number of hydrogen-bond donors (Lipinski definition) is 0. The van der Waals surface area contributed by atoms with Crippen LogP contribution in [-0.2, 0) is 13.0 Å². The largest absolute Gasteiger partial charge is 0.493 e. The van der Waals surface area contributed by atoms with Crippen molar-refractivity contribution < 1.29 is 9.47 Å². The Hall–Kier alpha value is -2.49. The van der Waals surface area contributed by atoms with Gasteiger partial charge in [0.15, 0.2) is 11.5 Å². The van der Waals surface area contributed by atoms with Gasteiger partial charge in [-0.25, -0.2) is 4.98 Å². The molecule has 0 saturated carbocycles. The van der Waals surface area contributed by atoms with Gasteiger partial charge in [-0.1, -0.05) is 53.2 Å². The lowest BCUT2D eigenvalue weighted by Gasteiger charge is -2.15. The summed E-state index contributed by atoms with van der Waals surface area (Å²) in [5.41, 5.74) is 2.19. The van der Waals surface area contributed by atoms with Crippen molar-refractivity contribution in [2.75, 3.05) is 7.11 Å². The number of methoxy groups -OCH3 is 1. The van der Waals surface area contributed by atoms with Crippen molar-refractivity contribution in [3.63, 3.8) is 0 Å². The number of hydrogen-bond acceptors (Lipinski definition) is 5. The van der Waals surface area contributed by atoms with Crippen LogP contribution in [-0.4, -0.2) is 23.0 Å². The SMILES string of the molecule is CCCc1nc2ccc(Br)cc2c(=O)n1N=Cc1cc(OC)c(OCc2ccccc2)c(Br)c1Br. The molecule has 35 heavy (non-hydrogen) atoms. The van der Waals surface area contributed by atoms with Gasteiger partial charge in [-0.15, -0.1) is 0 Å². The van der Waals surface area contributed by atoms with E-state index >= 15 is 0 Å². The molecule has 4 rings (SSSR count). The highest BCUT2D eigenvalue weighted by Gasteiger charge is 2.17. The second-order valence-electron chi connectivity index (χ2n) is 7.70. The van der Waals surface area contributed by atoms with Gasteiger partial charge in [0.2, 0.25) is 0 Å². The Bertz CT molecular complexity index is 1450. The van der Waals surface area contributed by atoms with Crippen LogP contribution in [0.5, 0.6) is 11.5 Å². The predicted molar refractivity (Wildman–Crippen MR) is 150 cm³/mol. The highest BCUT2D eigenvalue weighted by molar-refractivity contribution is 9.13. The predicted octanol–water partition coefficient (Wildman–Crippen LogP) is 7.11. The van der Waals surface area contributed by atoms with E-state index in [4.69, 9.17) is 9.47 Å². The third-order valence-electron chi connectivity index (χ3n) is 5.26. The molecule has 0 fully saturated rings. The third kappa shape index (κ3) is 5.68. The minimum atomic E-state index is -0.221. The van der Waals surface area contributed by atoms with Crippen LogP contribution in [0.4, 0.5) is 0 Å². The molecule has 3 aromatic carbocycles. The molecule has 1 heterocycles. The maximum Gasteiger partial charge on any atom is 0.282 e. The lowest BCUT2D eigenvalue weighted by atomic mass is 10.2. The van der Waals surface area contributed by atoms with Crippen LogP contribution >= 0.6 is 47.8 Å². The third-order valence-corrected chi connectivity index (χ3v) is 7.90. The summed E-state index contributed by atoms with van der Waals surface area (Å²) in [6.45, 7) is 2.43. The molecule has 9 heteroatoms. The number of fused-ring (bicyclic) bond motifs is 1. The number of rotatable bonds is 8. The minimum absolute atomic E-state index is 0.221. The minimum Gasteiger partial charge on any atom is -0.493 e. The summed E-state index contributed by atoms with van der Waals surface area (Å²) in [5, 5.41) is 5.03. The molecule has 6 nitrogen and oxygen atoms in total. The Morgan fingerprint density at radius 1 is 1.06 bits per heavy atom. The van der Waals surface area contributed by atoms with Gasteiger partial charge in [0.1, 0.15) is 12.4 Å². The fourth-order valence-electron chi connectivity index (χ4n) is 3.53. The molecule has 0 bridgehead atoms. The molecule has 0 aliphatic carbocycles. The highest BCUT2D eigenvalue weighted by atomic mass is 79.9. The van der Waals surface area contributed by atoms with Crippen molar-refractivity contribution in [2.24, 2.45) is 5.10 Å². The molecule has 0 atom stereocenters. The first-order valence-electron chi connectivity index (χ1n) is 10.9. The second kappa shape index (κ2) is 11.5. The highest BCUT2D eigenvalue weighted by Crippen LogP contribution is 2.42. The molecule has 0 saturated heterocycles. The summed E-state index contributed by atoms with van der Waals surface area (Å²) in [7, 11) is 1.58. The molecule has 0 spiro atoms. The molecule has 180 valence electrons. The van der Waals surface area contributed by atoms with Gasteiger partial charge in [0, 0.05) is 20.9 Å². The normalized spacial score (nSPS) is 11.3. The van der Waals surface area contributed by atoms with Crippen molar-refractivity contribution in [2.45, 2.75) is 26.4 Å². The van der Waals surface area contributed by atoms with Gasteiger partial charge in [-0.05, 0) is 68.1 Å². The standard InChI is InChI=1S/C26H22Br3N3O3/c1-3-7-22-31-20-11-10-18(27)13-19(20)26(33)32(22)30-14-17-12-21(34-2)25(24(29)23(17)28)35-15-16-8-5-4-6-9-16/h4-6,8-14H,3,7,15H2,1-2H3. The summed E-state index contributed by atoms with van der Waals surface area (Å²) < 4.78 is 15.2. The fraction of sp³-hybridized carbons (Fsp3) is 0.192. The molecule has 0 aliphatic heterocycles. The summed E-state index contributed by atoms with van der Waals surface area (Å²) in [5.74, 6) is 1.72. The van der Waals surface area contributed by atoms with Gasteiger partial charge in [0.05, 0.1) is 28.7 Å². The summed E-state index contributed by atoms with van der Waals surface area (Å²) in [6.07, 6.45) is 3.07. The van der Waals surface area contributed by atoms with Crippen LogP contribution in [0.2, 0.25) is 0 Å². The summed E-state index contributed by atoms with van der Waals surface area (Å²) in [6, 6.07) is 17.2. The first-order chi connectivity index (χ1) is 16.9. The van der Waals surface area contributed by atoms with E-state index in [0.29, 0.717) is 51.3 Å². The number of halogens is 3. The zero-order valence-corrected chi connectivity index (χ0v) is 23.9. The quantitative estimate of drug-likeness (QED) is 0.189. The second-order valence-corrected chi connectivity index (χ2v) is 10.2. The van der Waals surface area contributed by atoms with Gasteiger partial charge in [0.25, 0.3) is 5.56 Å². The van der Waals surface area contributed by atoms with Crippen LogP contribution in [0, 0.1) is 0 Å². The number of ether oxygens (including phenoxy) is 2. The van der Waals surface area contributed by atoms with E-state index in [-0.39, 0.29) is 5.56 Å². The van der Waals surface area contributed by atoms with Gasteiger partial charge < -0.3 is 9.47 Å². The van der Waals surface area contributed by atoms with E-state index in [1.54, 1.807) is 19.4 Å². The van der Waals surface area contributed by atoms with E-state index < -0.39 is 0 Å². The van der Waals surface area contributed by atoms with Crippen LogP contribution < -0.4 is 15.0 Å². The van der Waals surface area contributed by atoms with E-state index in [1.807, 2.05) is 55.5 Å². The Morgan fingerprint density at radius 3 is 2.54 bits per heavy atom. The topological polar surface area (TPSA) is 65.7 Å². The maximum absolute atomic E-state index is 13.3. The van der Waals surface area contributed by atoms with E-state index in [0.717, 1.165) is 20.9 Å². The van der Waals surface area contributed by atoms with Crippen molar-refractivity contribution >= 4 is 64.9 Å². The van der Waals surface area contributed by atoms with Crippen LogP contribution in [0.25, 0.3) is 10.9 Å². The van der Waals surface area contributed by atoms with E-state index in [2.05, 4.69) is 57.9 Å². The van der Waals surface area contributed by atoms with Crippen LogP contribution in [0.1, 0.15) is 30.3 Å². The van der Waals surface area contributed by atoms with E-state index in [1.165, 1.54) is 4.68 Å². The van der Waals surface area contributed by atoms with Crippen LogP contribution in [0.15, 0.2) is 77.9 Å². The summed E-state index contributed by atoms with van der Waals surface area (Å²) >= 11 is 10.7. The molecule has 0 radical (unpaired) electrons. The molecular formula is C26H22Br3N3O3. The smallest absolute Gasteiger partial charge is 0.282 e. The molecule has 0 amide bonds. The molecule has 4 aromatic rings. The van der Waals surface area contributed by atoms with Crippen LogP contribution in [0.3, 0.4) is 0 Å². The lowest BCUT2D eigenvalue weighted by Crippen LogP contribution is -2.22. The Kier molecular flexibility index (Phi) is 8.41. The zero-order valence-electron chi connectivity index (χ0n) is 19.1. The molecule has 1 aromatic heterocycles. The molecule has 0 N–H and O–H groups in total. The zero-order chi connectivity index (χ0) is 24.9. The van der Waals surface area contributed by atoms with Crippen molar-refractivity contribution in [3.05, 3.63) is 95.3 Å². The number of benzene rings is 3. The number of nitrogens with zero attached hydrogens (tertiary/aromatic N) is 3. The Morgan fingerprint density at radius 2 is 1.83 bits per heavy atom. The van der Waals surface area contributed by atoms with Gasteiger partial charge >= 0.3 is 0 Å². The Balaban J connectivity index is 1.73.